The summed E-state index contributed by atoms with van der Waals surface area (Å²) in [6.45, 7) is 5.02. The van der Waals surface area contributed by atoms with E-state index >= 15 is 0 Å². The third-order valence-corrected chi connectivity index (χ3v) is 5.81. The monoisotopic (exact) mass is 421 g/mol. The number of nitrogens with one attached hydrogen (secondary N) is 1. The van der Waals surface area contributed by atoms with Gasteiger partial charge in [-0.2, -0.15) is 0 Å². The molecule has 0 aliphatic heterocycles. The number of hydrogen-bond donors (Lipinski definition) is 1. The number of carbonyl (C=O) groups excluding carboxylic acids is 1. The fourth-order valence-electron chi connectivity index (χ4n) is 3.27. The maximum absolute atomic E-state index is 13.0. The maximum Gasteiger partial charge on any atom is 0.297 e. The van der Waals surface area contributed by atoms with Crippen molar-refractivity contribution in [1.29, 1.82) is 0 Å². The average molecular weight is 422 g/mol. The molecule has 2 aromatic carbocycles. The number of thioether (sulfide) groups is 1. The minimum Gasteiger partial charge on any atom is -0.448 e. The van der Waals surface area contributed by atoms with E-state index < -0.39 is 0 Å². The lowest BCUT2D eigenvalue weighted by atomic mass is 10.1. The molecule has 1 N–H and O–H groups in total. The first-order chi connectivity index (χ1) is 14.6. The maximum atomic E-state index is 13.0. The summed E-state index contributed by atoms with van der Waals surface area (Å²) in [4.78, 5) is 30.1. The number of amides is 1. The molecule has 154 valence electrons. The molecule has 0 spiro atoms. The number of aromatic nitrogens is 2. The highest BCUT2D eigenvalue weighted by Gasteiger charge is 2.18. The molecular formula is C23H23N3O3S. The van der Waals surface area contributed by atoms with E-state index in [1.165, 1.54) is 17.3 Å². The third kappa shape index (κ3) is 4.11. The number of hydrogen-bond acceptors (Lipinski definition) is 5. The lowest BCUT2D eigenvalue weighted by Gasteiger charge is -2.11. The van der Waals surface area contributed by atoms with E-state index in [4.69, 9.17) is 9.40 Å². The van der Waals surface area contributed by atoms with Gasteiger partial charge in [0.05, 0.1) is 5.75 Å². The van der Waals surface area contributed by atoms with E-state index in [0.29, 0.717) is 29.3 Å². The molecule has 0 saturated heterocycles. The van der Waals surface area contributed by atoms with Crippen molar-refractivity contribution in [3.63, 3.8) is 0 Å². The Labute approximate surface area is 178 Å². The van der Waals surface area contributed by atoms with Gasteiger partial charge < -0.3 is 9.73 Å². The Balaban J connectivity index is 1.55. The van der Waals surface area contributed by atoms with E-state index in [0.717, 1.165) is 17.4 Å². The quantitative estimate of drug-likeness (QED) is 0.356. The van der Waals surface area contributed by atoms with Crippen molar-refractivity contribution in [2.24, 2.45) is 0 Å². The number of para-hydroxylation sites is 1. The van der Waals surface area contributed by atoms with Crippen molar-refractivity contribution in [2.45, 2.75) is 38.5 Å². The molecule has 0 aliphatic carbocycles. The summed E-state index contributed by atoms with van der Waals surface area (Å²) in [5, 5.41) is 4.26. The molecule has 4 rings (SSSR count). The van der Waals surface area contributed by atoms with Gasteiger partial charge in [0.15, 0.2) is 5.16 Å². The molecule has 7 heteroatoms. The minimum atomic E-state index is -0.208. The molecule has 0 fully saturated rings. The Morgan fingerprint density at radius 1 is 1.17 bits per heavy atom. The zero-order chi connectivity index (χ0) is 21.1. The van der Waals surface area contributed by atoms with Gasteiger partial charge in [0.2, 0.25) is 11.5 Å². The Morgan fingerprint density at radius 3 is 2.70 bits per heavy atom. The average Bonchev–Trinajstić information content (AvgIpc) is 3.13. The van der Waals surface area contributed by atoms with Crippen LogP contribution >= 0.6 is 11.8 Å². The molecule has 0 aliphatic rings. The zero-order valence-electron chi connectivity index (χ0n) is 17.0. The van der Waals surface area contributed by atoms with Crippen LogP contribution in [0.25, 0.3) is 22.1 Å². The van der Waals surface area contributed by atoms with Gasteiger partial charge in [0.25, 0.3) is 5.56 Å². The van der Waals surface area contributed by atoms with Crippen LogP contribution in [0.1, 0.15) is 24.5 Å². The molecule has 1 amide bonds. The number of carbonyl (C=O) groups is 1. The minimum absolute atomic E-state index is 0.102. The summed E-state index contributed by atoms with van der Waals surface area (Å²) in [6, 6.07) is 15.5. The molecule has 6 nitrogen and oxygen atoms in total. The van der Waals surface area contributed by atoms with Crippen molar-refractivity contribution in [2.75, 3.05) is 5.75 Å². The topological polar surface area (TPSA) is 77.1 Å². The van der Waals surface area contributed by atoms with Crippen LogP contribution in [0.3, 0.4) is 0 Å². The second-order valence-corrected chi connectivity index (χ2v) is 8.12. The number of furan rings is 1. The number of nitrogens with zero attached hydrogens (tertiary/aromatic N) is 2. The first-order valence-corrected chi connectivity index (χ1v) is 10.9. The van der Waals surface area contributed by atoms with Crippen LogP contribution in [0, 0.1) is 6.92 Å². The van der Waals surface area contributed by atoms with E-state index in [-0.39, 0.29) is 22.8 Å². The Morgan fingerprint density at radius 2 is 1.93 bits per heavy atom. The molecule has 0 bridgehead atoms. The lowest BCUT2D eigenvalue weighted by molar-refractivity contribution is -0.118. The van der Waals surface area contributed by atoms with Crippen molar-refractivity contribution < 1.29 is 9.21 Å². The van der Waals surface area contributed by atoms with E-state index in [9.17, 15) is 9.59 Å². The number of benzene rings is 2. The lowest BCUT2D eigenvalue weighted by Crippen LogP contribution is -2.26. The van der Waals surface area contributed by atoms with Gasteiger partial charge in [-0.1, -0.05) is 60.6 Å². The molecule has 2 aromatic heterocycles. The van der Waals surface area contributed by atoms with Crippen LogP contribution in [-0.4, -0.2) is 21.2 Å². The summed E-state index contributed by atoms with van der Waals surface area (Å²) in [7, 11) is 0. The molecule has 0 radical (unpaired) electrons. The number of fused-ring (bicyclic) bond motifs is 3. The predicted octanol–water partition coefficient (Wildman–Crippen LogP) is 4.27. The van der Waals surface area contributed by atoms with Gasteiger partial charge in [-0.3, -0.25) is 14.2 Å². The third-order valence-electron chi connectivity index (χ3n) is 4.84. The molecule has 30 heavy (non-hydrogen) atoms. The summed E-state index contributed by atoms with van der Waals surface area (Å²) in [6.07, 6.45) is 0.778. The SMILES string of the molecule is CCCn1c(SCC(=O)NCc2ccc(C)cc2)nc2c(oc3ccccc32)c1=O. The van der Waals surface area contributed by atoms with E-state index in [2.05, 4.69) is 5.32 Å². The van der Waals surface area contributed by atoms with Crippen molar-refractivity contribution in [1.82, 2.24) is 14.9 Å². The second-order valence-electron chi connectivity index (χ2n) is 7.18. The van der Waals surface area contributed by atoms with Crippen LogP contribution in [0.2, 0.25) is 0 Å². The van der Waals surface area contributed by atoms with Gasteiger partial charge >= 0.3 is 0 Å². The molecule has 0 atom stereocenters. The Hall–Kier alpha value is -3.06. The first-order valence-electron chi connectivity index (χ1n) is 9.94. The highest BCUT2D eigenvalue weighted by Crippen LogP contribution is 2.27. The smallest absolute Gasteiger partial charge is 0.297 e. The van der Waals surface area contributed by atoms with E-state index in [1.807, 2.05) is 62.4 Å². The van der Waals surface area contributed by atoms with Gasteiger partial charge in [0, 0.05) is 18.5 Å². The molecule has 0 unspecified atom stereocenters. The van der Waals surface area contributed by atoms with E-state index in [1.54, 1.807) is 4.57 Å². The first kappa shape index (κ1) is 20.2. The van der Waals surface area contributed by atoms with Gasteiger partial charge in [-0.25, -0.2) is 4.98 Å². The second kappa shape index (κ2) is 8.75. The van der Waals surface area contributed by atoms with Gasteiger partial charge in [0.1, 0.15) is 11.1 Å². The summed E-state index contributed by atoms with van der Waals surface area (Å²) < 4.78 is 7.36. The van der Waals surface area contributed by atoms with Crippen molar-refractivity contribution in [3.8, 4) is 0 Å². The molecular weight excluding hydrogens is 398 g/mol. The fraction of sp³-hybridized carbons (Fsp3) is 0.261. The fourth-order valence-corrected chi connectivity index (χ4v) is 4.12. The summed E-state index contributed by atoms with van der Waals surface area (Å²) in [5.41, 5.74) is 3.47. The standard InChI is InChI=1S/C23H23N3O3S/c1-3-12-26-22(28)21-20(17-6-4-5-7-18(17)29-21)25-23(26)30-14-19(27)24-13-16-10-8-15(2)9-11-16/h4-11H,3,12-14H2,1-2H3,(H,24,27). The Bertz CT molecular complexity index is 1260. The van der Waals surface area contributed by atoms with Crippen molar-refractivity contribution >= 4 is 39.7 Å². The zero-order valence-corrected chi connectivity index (χ0v) is 17.8. The summed E-state index contributed by atoms with van der Waals surface area (Å²) in [5.74, 6) is 0.0820. The summed E-state index contributed by atoms with van der Waals surface area (Å²) >= 11 is 1.27. The molecule has 4 aromatic rings. The van der Waals surface area contributed by atoms with Crippen LogP contribution < -0.4 is 10.9 Å². The van der Waals surface area contributed by atoms with Crippen LogP contribution in [0.4, 0.5) is 0 Å². The normalized spacial score (nSPS) is 11.3. The van der Waals surface area contributed by atoms with Gasteiger partial charge in [-0.15, -0.1) is 0 Å². The predicted molar refractivity (Wildman–Crippen MR) is 120 cm³/mol. The molecule has 2 heterocycles. The van der Waals surface area contributed by atoms with Crippen LogP contribution in [0.15, 0.2) is 62.9 Å². The highest BCUT2D eigenvalue weighted by molar-refractivity contribution is 7.99. The Kier molecular flexibility index (Phi) is 5.90. The highest BCUT2D eigenvalue weighted by atomic mass is 32.2. The van der Waals surface area contributed by atoms with Crippen LogP contribution in [-0.2, 0) is 17.9 Å². The largest absolute Gasteiger partial charge is 0.448 e. The molecule has 0 saturated carbocycles. The number of aryl methyl sites for hydroxylation is 1. The van der Waals surface area contributed by atoms with Gasteiger partial charge in [-0.05, 0) is 31.0 Å². The number of rotatable bonds is 7. The van der Waals surface area contributed by atoms with Crippen molar-refractivity contribution in [3.05, 3.63) is 70.0 Å². The van der Waals surface area contributed by atoms with Crippen LogP contribution in [0.5, 0.6) is 0 Å².